The van der Waals surface area contributed by atoms with Gasteiger partial charge in [-0.1, -0.05) is 11.6 Å². The van der Waals surface area contributed by atoms with Gasteiger partial charge in [-0.15, -0.1) is 11.6 Å². The van der Waals surface area contributed by atoms with Crippen LogP contribution in [-0.4, -0.2) is 44.7 Å². The molecule has 0 amide bonds. The second-order valence-electron chi connectivity index (χ2n) is 6.63. The van der Waals surface area contributed by atoms with E-state index in [1.807, 2.05) is 27.7 Å². The highest BCUT2D eigenvalue weighted by atomic mass is 35.5. The third kappa shape index (κ3) is 2.39. The van der Waals surface area contributed by atoms with Crippen molar-refractivity contribution in [1.82, 2.24) is 9.96 Å². The van der Waals surface area contributed by atoms with Crippen LogP contribution in [0, 0.1) is 0 Å². The van der Waals surface area contributed by atoms with E-state index in [1.54, 1.807) is 0 Å². The van der Waals surface area contributed by atoms with Crippen molar-refractivity contribution in [2.24, 2.45) is 0 Å². The number of hydrogen-bond acceptors (Lipinski definition) is 3. The van der Waals surface area contributed by atoms with Crippen LogP contribution in [-0.2, 0) is 0 Å². The number of likely N-dealkylation sites (tertiary alicyclic amines) is 1. The molecule has 2 heterocycles. The van der Waals surface area contributed by atoms with E-state index in [4.69, 9.17) is 23.2 Å². The first kappa shape index (κ1) is 15.4. The van der Waals surface area contributed by atoms with Crippen LogP contribution in [0.4, 0.5) is 0 Å². The molecule has 0 bridgehead atoms. The standard InChI is InChI=1S/C14H24Cl2N2O/c1-13(2)11(15)10(17-8-6-5-7-9-17)12(16)14(3,4)18(13)19/h11,19H,5-9H2,1-4H3. The minimum absolute atomic E-state index is 0.309. The summed E-state index contributed by atoms with van der Waals surface area (Å²) in [5.74, 6) is 0. The van der Waals surface area contributed by atoms with Gasteiger partial charge in [-0.3, -0.25) is 0 Å². The first-order valence-electron chi connectivity index (χ1n) is 6.99. The van der Waals surface area contributed by atoms with Crippen molar-refractivity contribution in [2.75, 3.05) is 13.1 Å². The molecule has 19 heavy (non-hydrogen) atoms. The number of piperidine rings is 1. The normalized spacial score (nSPS) is 31.7. The van der Waals surface area contributed by atoms with E-state index in [1.165, 1.54) is 24.3 Å². The van der Waals surface area contributed by atoms with Gasteiger partial charge in [0.05, 0.1) is 27.2 Å². The fraction of sp³-hybridized carbons (Fsp3) is 0.857. The summed E-state index contributed by atoms with van der Waals surface area (Å²) in [5, 5.41) is 12.1. The molecule has 1 unspecified atom stereocenters. The topological polar surface area (TPSA) is 26.7 Å². The molecule has 0 aromatic heterocycles. The van der Waals surface area contributed by atoms with Crippen LogP contribution < -0.4 is 0 Å². The number of halogens is 2. The van der Waals surface area contributed by atoms with E-state index in [9.17, 15) is 5.21 Å². The zero-order valence-electron chi connectivity index (χ0n) is 12.2. The second-order valence-corrected chi connectivity index (χ2v) is 7.45. The summed E-state index contributed by atoms with van der Waals surface area (Å²) >= 11 is 13.2. The van der Waals surface area contributed by atoms with Crippen LogP contribution in [0.1, 0.15) is 47.0 Å². The average Bonchev–Trinajstić information content (AvgIpc) is 2.37. The Morgan fingerprint density at radius 3 is 2.16 bits per heavy atom. The van der Waals surface area contributed by atoms with E-state index in [2.05, 4.69) is 4.90 Å². The van der Waals surface area contributed by atoms with E-state index >= 15 is 0 Å². The van der Waals surface area contributed by atoms with Gasteiger partial charge < -0.3 is 10.1 Å². The molecule has 5 heteroatoms. The highest BCUT2D eigenvalue weighted by molar-refractivity contribution is 6.33. The summed E-state index contributed by atoms with van der Waals surface area (Å²) in [6.07, 6.45) is 3.63. The second kappa shape index (κ2) is 5.10. The van der Waals surface area contributed by atoms with Gasteiger partial charge in [0.2, 0.25) is 0 Å². The Morgan fingerprint density at radius 1 is 1.11 bits per heavy atom. The van der Waals surface area contributed by atoms with Crippen molar-refractivity contribution in [3.63, 3.8) is 0 Å². The number of rotatable bonds is 1. The molecule has 1 fully saturated rings. The first-order valence-corrected chi connectivity index (χ1v) is 7.80. The molecule has 0 radical (unpaired) electrons. The van der Waals surface area contributed by atoms with Gasteiger partial charge in [-0.05, 0) is 47.0 Å². The summed E-state index contributed by atoms with van der Waals surface area (Å²) < 4.78 is 0. The van der Waals surface area contributed by atoms with Crippen LogP contribution in [0.25, 0.3) is 0 Å². The molecular weight excluding hydrogens is 283 g/mol. The Morgan fingerprint density at radius 2 is 1.63 bits per heavy atom. The Hall–Kier alpha value is 0.0400. The Bertz CT molecular complexity index is 387. The van der Waals surface area contributed by atoms with Crippen molar-refractivity contribution in [2.45, 2.75) is 63.4 Å². The van der Waals surface area contributed by atoms with Crippen molar-refractivity contribution >= 4 is 23.2 Å². The van der Waals surface area contributed by atoms with Crippen molar-refractivity contribution in [3.8, 4) is 0 Å². The van der Waals surface area contributed by atoms with Crippen LogP contribution in [0.3, 0.4) is 0 Å². The molecule has 0 aromatic rings. The van der Waals surface area contributed by atoms with Gasteiger partial charge in [-0.25, -0.2) is 0 Å². The van der Waals surface area contributed by atoms with Gasteiger partial charge in [-0.2, -0.15) is 5.06 Å². The molecule has 2 rings (SSSR count). The lowest BCUT2D eigenvalue weighted by molar-refractivity contribution is -0.216. The predicted octanol–water partition coefficient (Wildman–Crippen LogP) is 3.79. The summed E-state index contributed by atoms with van der Waals surface area (Å²) in [6, 6.07) is 0. The zero-order valence-corrected chi connectivity index (χ0v) is 13.7. The summed E-state index contributed by atoms with van der Waals surface area (Å²) in [6.45, 7) is 9.80. The van der Waals surface area contributed by atoms with E-state index in [0.717, 1.165) is 18.8 Å². The molecule has 0 aliphatic carbocycles. The maximum absolute atomic E-state index is 10.4. The SMILES string of the molecule is CC1(C)C(Cl)=C(N2CCCCC2)C(Cl)C(C)(C)N1O. The molecule has 0 spiro atoms. The number of alkyl halides is 1. The number of hydrogen-bond donors (Lipinski definition) is 1. The molecule has 1 atom stereocenters. The third-order valence-electron chi connectivity index (χ3n) is 4.39. The minimum Gasteiger partial charge on any atom is -0.373 e. The Kier molecular flexibility index (Phi) is 4.14. The smallest absolute Gasteiger partial charge is 0.0947 e. The van der Waals surface area contributed by atoms with Crippen molar-refractivity contribution in [3.05, 3.63) is 10.7 Å². The molecule has 0 saturated carbocycles. The van der Waals surface area contributed by atoms with Crippen LogP contribution in [0.5, 0.6) is 0 Å². The van der Waals surface area contributed by atoms with E-state index in [0.29, 0.717) is 5.03 Å². The van der Waals surface area contributed by atoms with Crippen LogP contribution in [0.2, 0.25) is 0 Å². The van der Waals surface area contributed by atoms with Gasteiger partial charge in [0.25, 0.3) is 0 Å². The molecule has 3 nitrogen and oxygen atoms in total. The average molecular weight is 307 g/mol. The largest absolute Gasteiger partial charge is 0.373 e. The molecule has 1 saturated heterocycles. The molecule has 2 aliphatic rings. The third-order valence-corrected chi connectivity index (χ3v) is 5.79. The highest BCUT2D eigenvalue weighted by Crippen LogP contribution is 2.46. The minimum atomic E-state index is -0.608. The monoisotopic (exact) mass is 306 g/mol. The van der Waals surface area contributed by atoms with Gasteiger partial charge in [0.15, 0.2) is 0 Å². The molecule has 0 aromatic carbocycles. The maximum Gasteiger partial charge on any atom is 0.0947 e. The molecule has 2 aliphatic heterocycles. The lowest BCUT2D eigenvalue weighted by Gasteiger charge is -2.53. The fourth-order valence-corrected chi connectivity index (χ4v) is 3.82. The Balaban J connectivity index is 2.46. The maximum atomic E-state index is 10.4. The van der Waals surface area contributed by atoms with Crippen LogP contribution >= 0.6 is 23.2 Å². The summed E-state index contributed by atoms with van der Waals surface area (Å²) in [4.78, 5) is 2.31. The quantitative estimate of drug-likeness (QED) is 0.747. The van der Waals surface area contributed by atoms with Crippen molar-refractivity contribution < 1.29 is 5.21 Å². The lowest BCUT2D eigenvalue weighted by atomic mass is 9.84. The van der Waals surface area contributed by atoms with Crippen LogP contribution in [0.15, 0.2) is 10.7 Å². The molecule has 110 valence electrons. The van der Waals surface area contributed by atoms with E-state index < -0.39 is 11.1 Å². The molecular formula is C14H24Cl2N2O. The van der Waals surface area contributed by atoms with Gasteiger partial charge >= 0.3 is 0 Å². The van der Waals surface area contributed by atoms with E-state index in [-0.39, 0.29) is 5.38 Å². The number of nitrogens with zero attached hydrogens (tertiary/aromatic N) is 2. The zero-order chi connectivity index (χ0) is 14.4. The Labute approximate surface area is 126 Å². The highest BCUT2D eigenvalue weighted by Gasteiger charge is 2.52. The summed E-state index contributed by atoms with van der Waals surface area (Å²) in [5.41, 5.74) is -0.150. The lowest BCUT2D eigenvalue weighted by Crippen LogP contribution is -2.63. The number of hydroxylamine groups is 2. The first-order chi connectivity index (χ1) is 8.70. The molecule has 1 N–H and O–H groups in total. The van der Waals surface area contributed by atoms with Gasteiger partial charge in [0, 0.05) is 13.1 Å². The predicted molar refractivity (Wildman–Crippen MR) is 79.7 cm³/mol. The summed E-state index contributed by atoms with van der Waals surface area (Å²) in [7, 11) is 0. The fourth-order valence-electron chi connectivity index (χ4n) is 3.11. The van der Waals surface area contributed by atoms with Gasteiger partial charge in [0.1, 0.15) is 0 Å². The van der Waals surface area contributed by atoms with Crippen molar-refractivity contribution in [1.29, 1.82) is 0 Å².